The molecule has 0 aliphatic heterocycles. The Labute approximate surface area is 723 Å². The predicted molar refractivity (Wildman–Crippen MR) is 524 cm³/mol. The highest BCUT2D eigenvalue weighted by atomic mass is 15.0. The number of fused-ring (bicyclic) bond motifs is 18. The Kier molecular flexibility index (Phi) is 16.9. The molecule has 6 nitrogen and oxygen atoms in total. The fraction of sp³-hybridized carbons (Fsp3) is 0.0420. The molecular formula is C119H82N6. The fourth-order valence-electron chi connectivity index (χ4n) is 21.2. The van der Waals surface area contributed by atoms with Crippen LogP contribution < -0.4 is 0 Å². The lowest BCUT2D eigenvalue weighted by Crippen LogP contribution is -2.15. The van der Waals surface area contributed by atoms with Gasteiger partial charge in [0.2, 0.25) is 0 Å². The van der Waals surface area contributed by atoms with E-state index in [0.29, 0.717) is 32.1 Å². The van der Waals surface area contributed by atoms with Crippen LogP contribution >= 0.6 is 0 Å². The largest absolute Gasteiger partial charge is 0.309 e. The van der Waals surface area contributed by atoms with Crippen molar-refractivity contribution in [1.82, 2.24) is 27.4 Å². The van der Waals surface area contributed by atoms with Crippen LogP contribution in [0.5, 0.6) is 0 Å². The SMILES string of the molecule is c1ccc2c(c1)c1ccccc1n2-c1ccc(Cc2c(Cc3ccc(-n4c5ccccc5c5ccccc54)cc3)c(Cc3ccc(-n4c5ccccc5c5ccccc54)cc3)c(-c3ccc(-n4c5ccccc5c5ccccc54)cc3)c(Cc3ccc(-n4c5ccccc5c5ccccc54)cc3)c2Cc2ccc(-n3c4ccccc4c4ccccc43)cc2)cc1. The molecule has 0 aliphatic rings. The molecule has 25 rings (SSSR count). The molecule has 19 aromatic carbocycles. The Hall–Kier alpha value is -16.0. The summed E-state index contributed by atoms with van der Waals surface area (Å²) in [6.45, 7) is 0. The van der Waals surface area contributed by atoms with Crippen molar-refractivity contribution in [2.45, 2.75) is 32.1 Å². The van der Waals surface area contributed by atoms with Crippen LogP contribution in [0.2, 0.25) is 0 Å². The number of hydrogen-bond donors (Lipinski definition) is 0. The summed E-state index contributed by atoms with van der Waals surface area (Å²) < 4.78 is 14.7. The van der Waals surface area contributed by atoms with E-state index in [9.17, 15) is 0 Å². The van der Waals surface area contributed by atoms with Crippen molar-refractivity contribution in [3.63, 3.8) is 0 Å². The lowest BCUT2D eigenvalue weighted by molar-refractivity contribution is 0.965. The first kappa shape index (κ1) is 71.9. The summed E-state index contributed by atoms with van der Waals surface area (Å²) in [6.07, 6.45) is 3.30. The second kappa shape index (κ2) is 29.4. The molecule has 0 saturated carbocycles. The first-order valence-electron chi connectivity index (χ1n) is 43.7. The molecule has 0 radical (unpaired) electrons. The number of aromatic nitrogens is 6. The lowest BCUT2D eigenvalue weighted by Gasteiger charge is -2.29. The zero-order valence-corrected chi connectivity index (χ0v) is 68.8. The molecule has 0 amide bonds. The Bertz CT molecular complexity index is 7910. The van der Waals surface area contributed by atoms with Gasteiger partial charge in [0.15, 0.2) is 0 Å². The van der Waals surface area contributed by atoms with Crippen LogP contribution in [0.3, 0.4) is 0 Å². The van der Waals surface area contributed by atoms with E-state index in [1.54, 1.807) is 0 Å². The smallest absolute Gasteiger partial charge is 0.0541 e. The minimum Gasteiger partial charge on any atom is -0.309 e. The maximum atomic E-state index is 2.46. The van der Waals surface area contributed by atoms with Crippen LogP contribution in [0.4, 0.5) is 0 Å². The van der Waals surface area contributed by atoms with Gasteiger partial charge in [-0.05, 0) is 244 Å². The topological polar surface area (TPSA) is 29.6 Å². The molecule has 125 heavy (non-hydrogen) atoms. The predicted octanol–water partition coefficient (Wildman–Crippen LogP) is 29.9. The second-order valence-corrected chi connectivity index (χ2v) is 33.7. The van der Waals surface area contributed by atoms with Crippen LogP contribution in [-0.2, 0) is 32.1 Å². The van der Waals surface area contributed by atoms with Gasteiger partial charge in [0.05, 0.1) is 66.2 Å². The van der Waals surface area contributed by atoms with E-state index in [4.69, 9.17) is 0 Å². The third kappa shape index (κ3) is 11.8. The molecular weight excluding hydrogens is 1510 g/mol. The van der Waals surface area contributed by atoms with Gasteiger partial charge in [-0.2, -0.15) is 0 Å². The van der Waals surface area contributed by atoms with Crippen LogP contribution in [-0.4, -0.2) is 27.4 Å². The first-order chi connectivity index (χ1) is 62.0. The molecule has 0 bridgehead atoms. The quantitative estimate of drug-likeness (QED) is 0.0870. The van der Waals surface area contributed by atoms with E-state index in [1.165, 1.54) is 198 Å². The normalized spacial score (nSPS) is 12.0. The van der Waals surface area contributed by atoms with Crippen molar-refractivity contribution in [3.05, 3.63) is 492 Å². The molecule has 6 heteroatoms. The summed E-state index contributed by atoms with van der Waals surface area (Å²) in [5.74, 6) is 0. The number of benzene rings is 19. The fourth-order valence-corrected chi connectivity index (χ4v) is 21.2. The first-order valence-corrected chi connectivity index (χ1v) is 43.7. The van der Waals surface area contributed by atoms with Crippen molar-refractivity contribution < 1.29 is 0 Å². The Morgan fingerprint density at radius 2 is 0.248 bits per heavy atom. The van der Waals surface area contributed by atoms with Gasteiger partial charge in [-0.3, -0.25) is 0 Å². The highest BCUT2D eigenvalue weighted by Gasteiger charge is 2.29. The highest BCUT2D eigenvalue weighted by Crippen LogP contribution is 2.46. The van der Waals surface area contributed by atoms with Gasteiger partial charge in [0.1, 0.15) is 0 Å². The van der Waals surface area contributed by atoms with Gasteiger partial charge in [-0.15, -0.1) is 0 Å². The summed E-state index contributed by atoms with van der Waals surface area (Å²) in [4.78, 5) is 0. The van der Waals surface area contributed by atoms with Gasteiger partial charge in [-0.25, -0.2) is 0 Å². The van der Waals surface area contributed by atoms with Gasteiger partial charge in [0, 0.05) is 98.8 Å². The highest BCUT2D eigenvalue weighted by molar-refractivity contribution is 6.14. The third-order valence-electron chi connectivity index (χ3n) is 26.8. The summed E-state index contributed by atoms with van der Waals surface area (Å²) in [5, 5.41) is 14.9. The molecule has 0 spiro atoms. The van der Waals surface area contributed by atoms with Gasteiger partial charge in [0.25, 0.3) is 0 Å². The van der Waals surface area contributed by atoms with Crippen molar-refractivity contribution >= 4 is 131 Å². The van der Waals surface area contributed by atoms with Crippen LogP contribution in [0.25, 0.3) is 176 Å². The van der Waals surface area contributed by atoms with Crippen LogP contribution in [0.1, 0.15) is 55.6 Å². The van der Waals surface area contributed by atoms with E-state index in [1.807, 2.05) is 0 Å². The molecule has 0 unspecified atom stereocenters. The number of rotatable bonds is 17. The molecule has 0 fully saturated rings. The molecule has 588 valence electrons. The summed E-state index contributed by atoms with van der Waals surface area (Å²) >= 11 is 0. The Morgan fingerprint density at radius 1 is 0.120 bits per heavy atom. The molecule has 0 N–H and O–H groups in total. The molecule has 0 aliphatic carbocycles. The maximum Gasteiger partial charge on any atom is 0.0541 e. The number of para-hydroxylation sites is 12. The van der Waals surface area contributed by atoms with E-state index in [-0.39, 0.29) is 0 Å². The van der Waals surface area contributed by atoms with Crippen LogP contribution in [0, 0.1) is 0 Å². The molecule has 25 aromatic rings. The second-order valence-electron chi connectivity index (χ2n) is 33.7. The molecule has 0 saturated heterocycles. The zero-order chi connectivity index (χ0) is 82.2. The zero-order valence-electron chi connectivity index (χ0n) is 68.8. The average Bonchev–Trinajstić information content (AvgIpc) is 1.73. The number of hydrogen-bond acceptors (Lipinski definition) is 0. The van der Waals surface area contributed by atoms with Crippen molar-refractivity contribution in [2.24, 2.45) is 0 Å². The van der Waals surface area contributed by atoms with Gasteiger partial charge >= 0.3 is 0 Å². The minimum atomic E-state index is 0.652. The van der Waals surface area contributed by atoms with Crippen molar-refractivity contribution in [3.8, 4) is 45.3 Å². The van der Waals surface area contributed by atoms with E-state index >= 15 is 0 Å². The average molecular weight is 1600 g/mol. The third-order valence-corrected chi connectivity index (χ3v) is 26.8. The van der Waals surface area contributed by atoms with Gasteiger partial charge < -0.3 is 27.4 Å². The lowest BCUT2D eigenvalue weighted by atomic mass is 9.75. The Morgan fingerprint density at radius 3 is 0.408 bits per heavy atom. The summed E-state index contributed by atoms with van der Waals surface area (Å²) in [7, 11) is 0. The van der Waals surface area contributed by atoms with E-state index < -0.39 is 0 Å². The number of nitrogens with zero attached hydrogens (tertiary/aromatic N) is 6. The molecule has 6 aromatic heterocycles. The Balaban J connectivity index is 0.755. The minimum absolute atomic E-state index is 0.652. The maximum absolute atomic E-state index is 2.46. The monoisotopic (exact) mass is 1590 g/mol. The molecule has 0 atom stereocenters. The summed E-state index contributed by atoms with van der Waals surface area (Å²) in [6, 6.07) is 164. The van der Waals surface area contributed by atoms with E-state index in [2.05, 4.69) is 464 Å². The molecule has 6 heterocycles. The summed E-state index contributed by atoms with van der Waals surface area (Å²) in [5.41, 5.74) is 36.4. The van der Waals surface area contributed by atoms with Gasteiger partial charge in [-0.1, -0.05) is 291 Å². The van der Waals surface area contributed by atoms with Crippen molar-refractivity contribution in [1.29, 1.82) is 0 Å². The standard InChI is InChI=1S/C119H82N6/c1-13-37-107-90(25-1)91-26-2-14-38-108(91)120(107)84-61-49-78(50-62-84)73-102-103(74-79-51-63-85(64-52-79)121-109-39-15-3-27-92(109)93-28-4-16-40-110(93)121)105(76-81-55-67-87(68-56-81)123-113-43-19-7-31-96(113)97-32-8-20-44-114(97)123)119(83-59-71-89(72-60-83)125-117-47-23-11-35-100(117)101-36-12-24-48-118(101)125)106(77-82-57-69-88(70-58-82)124-115-45-21-9-33-98(115)99-34-10-22-46-116(99)124)104(102)75-80-53-65-86(66-54-80)122-111-41-17-5-29-94(111)95-30-6-18-42-112(95)122/h1-72H,73-77H2. The van der Waals surface area contributed by atoms with E-state index in [0.717, 1.165) is 34.1 Å². The van der Waals surface area contributed by atoms with Crippen LogP contribution in [0.15, 0.2) is 437 Å². The van der Waals surface area contributed by atoms with Crippen molar-refractivity contribution in [2.75, 3.05) is 0 Å².